The number of hydrogen-bond donors (Lipinski definition) is 1. The molecule has 0 aromatic heterocycles. The predicted octanol–water partition coefficient (Wildman–Crippen LogP) is 2.88. The lowest BCUT2D eigenvalue weighted by Gasteiger charge is -2.19. The highest BCUT2D eigenvalue weighted by Gasteiger charge is 2.12. The Bertz CT molecular complexity index is 418. The van der Waals surface area contributed by atoms with E-state index >= 15 is 0 Å². The highest BCUT2D eigenvalue weighted by molar-refractivity contribution is 5.68. The van der Waals surface area contributed by atoms with Gasteiger partial charge in [-0.05, 0) is 24.0 Å². The van der Waals surface area contributed by atoms with Gasteiger partial charge in [-0.15, -0.1) is 0 Å². The first-order valence-electron chi connectivity index (χ1n) is 5.86. The number of aryl methyl sites for hydroxylation is 1. The first kappa shape index (κ1) is 14.4. The molecule has 4 nitrogen and oxygen atoms in total. The van der Waals surface area contributed by atoms with Crippen molar-refractivity contribution >= 4 is 5.97 Å². The molecule has 100 valence electrons. The van der Waals surface area contributed by atoms with E-state index in [0.717, 1.165) is 5.56 Å². The van der Waals surface area contributed by atoms with Crippen LogP contribution >= 0.6 is 0 Å². The van der Waals surface area contributed by atoms with Gasteiger partial charge in [0.1, 0.15) is 11.5 Å². The second kappa shape index (κ2) is 5.76. The Labute approximate surface area is 108 Å². The van der Waals surface area contributed by atoms with Crippen molar-refractivity contribution in [1.29, 1.82) is 0 Å². The number of ether oxygens (including phenoxy) is 2. The monoisotopic (exact) mass is 252 g/mol. The number of carboxylic acid groups (broad SMARTS) is 1. The third-order valence-corrected chi connectivity index (χ3v) is 2.18. The van der Waals surface area contributed by atoms with Crippen LogP contribution < -0.4 is 9.47 Å². The summed E-state index contributed by atoms with van der Waals surface area (Å²) < 4.78 is 10.8. The second-order valence-electron chi connectivity index (χ2n) is 5.46. The van der Waals surface area contributed by atoms with E-state index in [2.05, 4.69) is 20.8 Å². The van der Waals surface area contributed by atoms with E-state index < -0.39 is 5.97 Å². The lowest BCUT2D eigenvalue weighted by Crippen LogP contribution is -2.17. The third kappa shape index (κ3) is 5.08. The summed E-state index contributed by atoms with van der Waals surface area (Å²) in [5.74, 6) is 0.245. The summed E-state index contributed by atoms with van der Waals surface area (Å²) >= 11 is 0. The van der Waals surface area contributed by atoms with Crippen LogP contribution in [0.5, 0.6) is 11.5 Å². The van der Waals surface area contributed by atoms with E-state index in [9.17, 15) is 4.79 Å². The summed E-state index contributed by atoms with van der Waals surface area (Å²) in [4.78, 5) is 10.5. The minimum atomic E-state index is -0.990. The topological polar surface area (TPSA) is 55.8 Å². The molecule has 0 bridgehead atoms. The highest BCUT2D eigenvalue weighted by Crippen LogP contribution is 2.25. The first-order chi connectivity index (χ1) is 8.28. The lowest BCUT2D eigenvalue weighted by molar-refractivity contribution is -0.139. The van der Waals surface area contributed by atoms with Crippen molar-refractivity contribution in [2.24, 2.45) is 5.41 Å². The van der Waals surface area contributed by atoms with Crippen LogP contribution in [0.25, 0.3) is 0 Å². The Morgan fingerprint density at radius 3 is 2.50 bits per heavy atom. The summed E-state index contributed by atoms with van der Waals surface area (Å²) in [7, 11) is 0. The van der Waals surface area contributed by atoms with Crippen LogP contribution in [0.3, 0.4) is 0 Å². The molecule has 4 heteroatoms. The maximum atomic E-state index is 10.5. The van der Waals surface area contributed by atoms with Crippen LogP contribution in [0.4, 0.5) is 0 Å². The number of rotatable bonds is 5. The molecule has 1 aromatic rings. The predicted molar refractivity (Wildman–Crippen MR) is 69.3 cm³/mol. The Hall–Kier alpha value is -1.71. The molecule has 0 aliphatic heterocycles. The minimum absolute atomic E-state index is 0.0764. The molecular formula is C14H20O4. The summed E-state index contributed by atoms with van der Waals surface area (Å²) in [6.45, 7) is 8.37. The van der Waals surface area contributed by atoms with Gasteiger partial charge in [-0.2, -0.15) is 0 Å². The molecule has 0 aliphatic rings. The summed E-state index contributed by atoms with van der Waals surface area (Å²) in [6.07, 6.45) is 0. The summed E-state index contributed by atoms with van der Waals surface area (Å²) in [6, 6.07) is 5.44. The Morgan fingerprint density at radius 1 is 1.28 bits per heavy atom. The maximum Gasteiger partial charge on any atom is 0.341 e. The van der Waals surface area contributed by atoms with Crippen molar-refractivity contribution in [3.63, 3.8) is 0 Å². The van der Waals surface area contributed by atoms with E-state index in [-0.39, 0.29) is 12.0 Å². The van der Waals surface area contributed by atoms with Gasteiger partial charge in [0.15, 0.2) is 6.61 Å². The molecule has 0 saturated carbocycles. The number of aliphatic carboxylic acids is 1. The molecule has 1 aromatic carbocycles. The Kier molecular flexibility index (Phi) is 4.59. The summed E-state index contributed by atoms with van der Waals surface area (Å²) in [5.41, 5.74) is 0.965. The van der Waals surface area contributed by atoms with E-state index in [1.807, 2.05) is 19.1 Å². The van der Waals surface area contributed by atoms with Crippen LogP contribution in [0.2, 0.25) is 0 Å². The average molecular weight is 252 g/mol. The number of carbonyl (C=O) groups is 1. The van der Waals surface area contributed by atoms with Crippen molar-refractivity contribution in [3.8, 4) is 11.5 Å². The van der Waals surface area contributed by atoms with Crippen LogP contribution in [-0.2, 0) is 4.79 Å². The number of hydrogen-bond acceptors (Lipinski definition) is 3. The van der Waals surface area contributed by atoms with Gasteiger partial charge in [0.2, 0.25) is 0 Å². The molecular weight excluding hydrogens is 232 g/mol. The smallest absolute Gasteiger partial charge is 0.341 e. The zero-order chi connectivity index (χ0) is 13.8. The molecule has 0 heterocycles. The van der Waals surface area contributed by atoms with Crippen molar-refractivity contribution in [2.75, 3.05) is 13.2 Å². The quantitative estimate of drug-likeness (QED) is 0.875. The second-order valence-corrected chi connectivity index (χ2v) is 5.46. The summed E-state index contributed by atoms with van der Waals surface area (Å²) in [5, 5.41) is 8.59. The van der Waals surface area contributed by atoms with Gasteiger partial charge in [0.25, 0.3) is 0 Å². The van der Waals surface area contributed by atoms with Gasteiger partial charge < -0.3 is 14.6 Å². The van der Waals surface area contributed by atoms with Crippen molar-refractivity contribution in [3.05, 3.63) is 23.8 Å². The van der Waals surface area contributed by atoms with E-state index in [1.54, 1.807) is 6.07 Å². The molecule has 0 spiro atoms. The SMILES string of the molecule is Cc1ccc(OCC(C)(C)C)cc1OCC(=O)O. The molecule has 0 amide bonds. The van der Waals surface area contributed by atoms with Gasteiger partial charge in [-0.1, -0.05) is 26.8 Å². The van der Waals surface area contributed by atoms with Crippen LogP contribution in [0.1, 0.15) is 26.3 Å². The van der Waals surface area contributed by atoms with Crippen molar-refractivity contribution in [2.45, 2.75) is 27.7 Å². The Balaban J connectivity index is 2.71. The van der Waals surface area contributed by atoms with Gasteiger partial charge in [-0.25, -0.2) is 4.79 Å². The molecule has 1 N–H and O–H groups in total. The molecule has 0 unspecified atom stereocenters. The average Bonchev–Trinajstić information content (AvgIpc) is 2.25. The van der Waals surface area contributed by atoms with Crippen LogP contribution in [-0.4, -0.2) is 24.3 Å². The molecule has 0 aliphatic carbocycles. The highest BCUT2D eigenvalue weighted by atomic mass is 16.5. The zero-order valence-electron chi connectivity index (χ0n) is 11.3. The molecule has 0 saturated heterocycles. The first-order valence-corrected chi connectivity index (χ1v) is 5.86. The number of benzene rings is 1. The molecule has 0 atom stereocenters. The zero-order valence-corrected chi connectivity index (χ0v) is 11.3. The molecule has 1 rings (SSSR count). The Morgan fingerprint density at radius 2 is 1.94 bits per heavy atom. The lowest BCUT2D eigenvalue weighted by atomic mass is 9.99. The molecule has 0 radical (unpaired) electrons. The van der Waals surface area contributed by atoms with Gasteiger partial charge in [-0.3, -0.25) is 0 Å². The standard InChI is InChI=1S/C14H20O4/c1-10-5-6-11(18-9-14(2,3)4)7-12(10)17-8-13(15)16/h5-7H,8-9H2,1-4H3,(H,15,16). The van der Waals surface area contributed by atoms with Gasteiger partial charge in [0.05, 0.1) is 6.61 Å². The largest absolute Gasteiger partial charge is 0.493 e. The molecule has 0 fully saturated rings. The van der Waals surface area contributed by atoms with E-state index in [4.69, 9.17) is 14.6 Å². The number of carboxylic acids is 1. The van der Waals surface area contributed by atoms with Crippen molar-refractivity contribution < 1.29 is 19.4 Å². The van der Waals surface area contributed by atoms with Gasteiger partial charge >= 0.3 is 5.97 Å². The van der Waals surface area contributed by atoms with Crippen LogP contribution in [0.15, 0.2) is 18.2 Å². The van der Waals surface area contributed by atoms with E-state index in [0.29, 0.717) is 18.1 Å². The van der Waals surface area contributed by atoms with Gasteiger partial charge in [0, 0.05) is 6.07 Å². The van der Waals surface area contributed by atoms with Crippen LogP contribution in [0, 0.1) is 12.3 Å². The molecule has 18 heavy (non-hydrogen) atoms. The fourth-order valence-electron chi connectivity index (χ4n) is 1.27. The minimum Gasteiger partial charge on any atom is -0.493 e. The maximum absolute atomic E-state index is 10.5. The normalized spacial score (nSPS) is 11.1. The fourth-order valence-corrected chi connectivity index (χ4v) is 1.27. The van der Waals surface area contributed by atoms with E-state index in [1.165, 1.54) is 0 Å². The fraction of sp³-hybridized carbons (Fsp3) is 0.500. The third-order valence-electron chi connectivity index (χ3n) is 2.18. The van der Waals surface area contributed by atoms with Crippen molar-refractivity contribution in [1.82, 2.24) is 0 Å².